The predicted molar refractivity (Wildman–Crippen MR) is 98.1 cm³/mol. The molecule has 2 rings (SSSR count). The van der Waals surface area contributed by atoms with Gasteiger partial charge in [-0.3, -0.25) is 14.4 Å². The molecule has 1 aromatic carbocycles. The van der Waals surface area contributed by atoms with Crippen molar-refractivity contribution in [1.82, 2.24) is 19.6 Å². The number of carbonyl (C=O) groups excluding carboxylic acids is 1. The summed E-state index contributed by atoms with van der Waals surface area (Å²) < 4.78 is 6.95. The average molecular weight is 344 g/mol. The summed E-state index contributed by atoms with van der Waals surface area (Å²) in [5.41, 5.74) is 3.18. The van der Waals surface area contributed by atoms with E-state index in [9.17, 15) is 4.79 Å². The van der Waals surface area contributed by atoms with Crippen molar-refractivity contribution in [1.29, 1.82) is 0 Å². The van der Waals surface area contributed by atoms with Crippen LogP contribution in [0.15, 0.2) is 36.7 Å². The molecule has 0 aliphatic heterocycles. The Morgan fingerprint density at radius 2 is 1.96 bits per heavy atom. The van der Waals surface area contributed by atoms with Crippen LogP contribution in [0.1, 0.15) is 22.7 Å². The monoisotopic (exact) mass is 344 g/mol. The summed E-state index contributed by atoms with van der Waals surface area (Å²) in [5, 5.41) is 4.19. The van der Waals surface area contributed by atoms with Gasteiger partial charge in [-0.2, -0.15) is 5.10 Å². The van der Waals surface area contributed by atoms with Gasteiger partial charge >= 0.3 is 0 Å². The molecule has 1 heterocycles. The Morgan fingerprint density at radius 1 is 1.28 bits per heavy atom. The van der Waals surface area contributed by atoms with Crippen LogP contribution in [0.4, 0.5) is 0 Å². The number of benzene rings is 1. The Labute approximate surface area is 150 Å². The van der Waals surface area contributed by atoms with E-state index in [1.54, 1.807) is 18.0 Å². The highest BCUT2D eigenvalue weighted by Crippen LogP contribution is 2.22. The lowest BCUT2D eigenvalue weighted by Gasteiger charge is -2.31. The highest BCUT2D eigenvalue weighted by molar-refractivity contribution is 5.83. The largest absolute Gasteiger partial charge is 0.383 e. The van der Waals surface area contributed by atoms with Crippen LogP contribution in [0.25, 0.3) is 0 Å². The first-order chi connectivity index (χ1) is 11.9. The molecule has 136 valence electrons. The van der Waals surface area contributed by atoms with Gasteiger partial charge in [0.15, 0.2) is 0 Å². The maximum absolute atomic E-state index is 13.3. The number of hydrogen-bond donors (Lipinski definition) is 0. The Hall–Kier alpha value is -2.18. The Morgan fingerprint density at radius 3 is 2.48 bits per heavy atom. The lowest BCUT2D eigenvalue weighted by Crippen LogP contribution is -2.41. The van der Waals surface area contributed by atoms with Crippen molar-refractivity contribution >= 4 is 5.91 Å². The van der Waals surface area contributed by atoms with E-state index in [4.69, 9.17) is 4.74 Å². The summed E-state index contributed by atoms with van der Waals surface area (Å²) in [6.07, 6.45) is 3.73. The number of hydrogen-bond acceptors (Lipinski definition) is 4. The molecular formula is C19H28N4O2. The number of nitrogens with zero attached hydrogens (tertiary/aromatic N) is 4. The van der Waals surface area contributed by atoms with Gasteiger partial charge in [-0.15, -0.1) is 0 Å². The molecule has 0 saturated carbocycles. The lowest BCUT2D eigenvalue weighted by atomic mass is 10.0. The third-order valence-electron chi connectivity index (χ3n) is 4.15. The van der Waals surface area contributed by atoms with Gasteiger partial charge < -0.3 is 9.64 Å². The third-order valence-corrected chi connectivity index (χ3v) is 4.15. The second-order valence-corrected chi connectivity index (χ2v) is 6.55. The maximum Gasteiger partial charge on any atom is 0.244 e. The van der Waals surface area contributed by atoms with E-state index in [1.807, 2.05) is 68.3 Å². The number of amides is 1. The Bertz CT molecular complexity index is 679. The van der Waals surface area contributed by atoms with Crippen molar-refractivity contribution in [2.24, 2.45) is 7.05 Å². The molecule has 0 aliphatic carbocycles. The summed E-state index contributed by atoms with van der Waals surface area (Å²) >= 11 is 0. The number of ether oxygens (including phenoxy) is 1. The van der Waals surface area contributed by atoms with Crippen LogP contribution in [-0.2, 0) is 23.1 Å². The molecule has 0 bridgehead atoms. The van der Waals surface area contributed by atoms with Crippen LogP contribution in [0.2, 0.25) is 0 Å². The SMILES string of the molecule is COCCN(Cc1cnn(C)c1)C(=O)[C@H](c1ccc(C)cc1)N(C)C. The molecule has 1 atom stereocenters. The van der Waals surface area contributed by atoms with E-state index in [0.29, 0.717) is 19.7 Å². The molecule has 0 N–H and O–H groups in total. The van der Waals surface area contributed by atoms with Crippen LogP contribution in [-0.4, -0.2) is 59.8 Å². The summed E-state index contributed by atoms with van der Waals surface area (Å²) in [6, 6.07) is 7.81. The van der Waals surface area contributed by atoms with Crippen molar-refractivity contribution < 1.29 is 9.53 Å². The zero-order valence-electron chi connectivity index (χ0n) is 15.8. The number of rotatable bonds is 8. The minimum atomic E-state index is -0.325. The fourth-order valence-electron chi connectivity index (χ4n) is 2.83. The zero-order valence-corrected chi connectivity index (χ0v) is 15.8. The van der Waals surface area contributed by atoms with Crippen LogP contribution in [0.3, 0.4) is 0 Å². The fourth-order valence-corrected chi connectivity index (χ4v) is 2.83. The van der Waals surface area contributed by atoms with Crippen LogP contribution in [0.5, 0.6) is 0 Å². The van der Waals surface area contributed by atoms with Gasteiger partial charge in [0.25, 0.3) is 0 Å². The summed E-state index contributed by atoms with van der Waals surface area (Å²) in [6.45, 7) is 3.61. The number of methoxy groups -OCH3 is 1. The maximum atomic E-state index is 13.3. The van der Waals surface area contributed by atoms with E-state index >= 15 is 0 Å². The first-order valence-corrected chi connectivity index (χ1v) is 8.40. The van der Waals surface area contributed by atoms with Gasteiger partial charge in [-0.1, -0.05) is 29.8 Å². The van der Waals surface area contributed by atoms with E-state index in [1.165, 1.54) is 5.56 Å². The summed E-state index contributed by atoms with van der Waals surface area (Å²) in [7, 11) is 7.39. The molecule has 1 amide bonds. The van der Waals surface area contributed by atoms with Crippen molar-refractivity contribution in [3.63, 3.8) is 0 Å². The Balaban J connectivity index is 2.25. The normalized spacial score (nSPS) is 12.4. The summed E-state index contributed by atoms with van der Waals surface area (Å²) in [5.74, 6) is 0.0646. The first-order valence-electron chi connectivity index (χ1n) is 8.40. The molecule has 0 fully saturated rings. The van der Waals surface area contributed by atoms with Gasteiger partial charge in [0, 0.05) is 39.0 Å². The smallest absolute Gasteiger partial charge is 0.244 e. The minimum absolute atomic E-state index is 0.0646. The van der Waals surface area contributed by atoms with E-state index in [-0.39, 0.29) is 11.9 Å². The van der Waals surface area contributed by atoms with Gasteiger partial charge in [0.05, 0.1) is 12.8 Å². The van der Waals surface area contributed by atoms with Gasteiger partial charge in [0.1, 0.15) is 6.04 Å². The van der Waals surface area contributed by atoms with Gasteiger partial charge in [-0.05, 0) is 26.6 Å². The standard InChI is InChI=1S/C19H28N4O2/c1-15-6-8-17(9-7-15)18(21(2)3)19(24)23(10-11-25-5)14-16-12-20-22(4)13-16/h6-9,12-13,18H,10-11,14H2,1-5H3/t18-/m0/s1. The molecular weight excluding hydrogens is 316 g/mol. The van der Waals surface area contributed by atoms with Crippen molar-refractivity contribution in [3.05, 3.63) is 53.3 Å². The van der Waals surface area contributed by atoms with E-state index in [0.717, 1.165) is 11.1 Å². The molecule has 0 unspecified atom stereocenters. The average Bonchev–Trinajstić information content (AvgIpc) is 2.98. The van der Waals surface area contributed by atoms with Crippen LogP contribution >= 0.6 is 0 Å². The Kier molecular flexibility index (Phi) is 6.73. The molecule has 0 spiro atoms. The van der Waals surface area contributed by atoms with Crippen molar-refractivity contribution in [2.45, 2.75) is 19.5 Å². The number of aromatic nitrogens is 2. The topological polar surface area (TPSA) is 50.6 Å². The molecule has 0 aliphatic rings. The van der Waals surface area contributed by atoms with Crippen molar-refractivity contribution in [3.8, 4) is 0 Å². The van der Waals surface area contributed by atoms with Crippen molar-refractivity contribution in [2.75, 3.05) is 34.4 Å². The van der Waals surface area contributed by atoms with Gasteiger partial charge in [-0.25, -0.2) is 0 Å². The predicted octanol–water partition coefficient (Wildman–Crippen LogP) is 2.01. The van der Waals surface area contributed by atoms with E-state index in [2.05, 4.69) is 5.10 Å². The first kappa shape index (κ1) is 19.1. The van der Waals surface area contributed by atoms with E-state index < -0.39 is 0 Å². The summed E-state index contributed by atoms with van der Waals surface area (Å²) in [4.78, 5) is 17.1. The molecule has 6 heteroatoms. The molecule has 25 heavy (non-hydrogen) atoms. The zero-order chi connectivity index (χ0) is 18.4. The fraction of sp³-hybridized carbons (Fsp3) is 0.474. The quantitative estimate of drug-likeness (QED) is 0.735. The van der Waals surface area contributed by atoms with Crippen LogP contribution in [0, 0.1) is 6.92 Å². The van der Waals surface area contributed by atoms with Gasteiger partial charge in [0.2, 0.25) is 5.91 Å². The highest BCUT2D eigenvalue weighted by Gasteiger charge is 2.28. The lowest BCUT2D eigenvalue weighted by molar-refractivity contribution is -0.137. The molecule has 2 aromatic rings. The minimum Gasteiger partial charge on any atom is -0.383 e. The number of aryl methyl sites for hydroxylation is 2. The number of likely N-dealkylation sites (N-methyl/N-ethyl adjacent to an activating group) is 1. The van der Waals surface area contributed by atoms with Crippen LogP contribution < -0.4 is 0 Å². The second kappa shape index (κ2) is 8.78. The molecule has 0 saturated heterocycles. The molecule has 1 aromatic heterocycles. The number of carbonyl (C=O) groups is 1. The third kappa shape index (κ3) is 5.14. The molecule has 0 radical (unpaired) electrons. The molecule has 6 nitrogen and oxygen atoms in total. The second-order valence-electron chi connectivity index (χ2n) is 6.55. The highest BCUT2D eigenvalue weighted by atomic mass is 16.5.